The lowest BCUT2D eigenvalue weighted by Gasteiger charge is -2.03. The fourth-order valence-electron chi connectivity index (χ4n) is 1.47. The van der Waals surface area contributed by atoms with Crippen molar-refractivity contribution >= 4 is 50.9 Å². The molecule has 0 aromatic heterocycles. The molecule has 0 aliphatic heterocycles. The van der Waals surface area contributed by atoms with Crippen LogP contribution in [0.5, 0.6) is 0 Å². The molecule has 21 heavy (non-hydrogen) atoms. The van der Waals surface area contributed by atoms with Crippen molar-refractivity contribution in [3.63, 3.8) is 0 Å². The lowest BCUT2D eigenvalue weighted by Crippen LogP contribution is -2.15. The predicted octanol–water partition coefficient (Wildman–Crippen LogP) is 4.23. The standard InChI is InChI=1S/C14H9BrCl2N2O2/c15-9-3-6-12(17)11(7-9)14(20)21-19-13(18)8-1-4-10(16)5-2-8/h1-7H,(H2,18,19). The first-order valence-electron chi connectivity index (χ1n) is 5.73. The number of amidine groups is 1. The van der Waals surface area contributed by atoms with E-state index in [2.05, 4.69) is 21.1 Å². The number of rotatable bonds is 3. The van der Waals surface area contributed by atoms with Crippen LogP contribution in [-0.4, -0.2) is 11.8 Å². The van der Waals surface area contributed by atoms with Crippen molar-refractivity contribution in [1.82, 2.24) is 0 Å². The van der Waals surface area contributed by atoms with Crippen molar-refractivity contribution in [2.75, 3.05) is 0 Å². The molecule has 0 atom stereocenters. The van der Waals surface area contributed by atoms with Gasteiger partial charge in [0.1, 0.15) is 0 Å². The first-order valence-corrected chi connectivity index (χ1v) is 7.28. The van der Waals surface area contributed by atoms with E-state index in [1.165, 1.54) is 0 Å². The zero-order chi connectivity index (χ0) is 15.4. The number of nitrogens with two attached hydrogens (primary N) is 1. The van der Waals surface area contributed by atoms with Crippen LogP contribution in [-0.2, 0) is 4.84 Å². The highest BCUT2D eigenvalue weighted by atomic mass is 79.9. The Balaban J connectivity index is 2.14. The number of oxime groups is 1. The van der Waals surface area contributed by atoms with Gasteiger partial charge in [-0.25, -0.2) is 4.79 Å². The molecule has 0 saturated heterocycles. The van der Waals surface area contributed by atoms with Gasteiger partial charge in [0.25, 0.3) is 0 Å². The number of hydrogen-bond acceptors (Lipinski definition) is 3. The first kappa shape index (κ1) is 15.8. The molecule has 0 unspecified atom stereocenters. The number of benzene rings is 2. The van der Waals surface area contributed by atoms with Gasteiger partial charge in [-0.05, 0) is 42.5 Å². The number of carbonyl (C=O) groups excluding carboxylic acids is 1. The van der Waals surface area contributed by atoms with E-state index in [9.17, 15) is 4.79 Å². The molecule has 2 rings (SSSR count). The Labute approximate surface area is 139 Å². The summed E-state index contributed by atoms with van der Waals surface area (Å²) >= 11 is 14.9. The van der Waals surface area contributed by atoms with Crippen LogP contribution in [0.25, 0.3) is 0 Å². The fraction of sp³-hybridized carbons (Fsp3) is 0. The van der Waals surface area contributed by atoms with E-state index >= 15 is 0 Å². The molecule has 0 aliphatic carbocycles. The van der Waals surface area contributed by atoms with Gasteiger partial charge >= 0.3 is 5.97 Å². The second kappa shape index (κ2) is 6.93. The summed E-state index contributed by atoms with van der Waals surface area (Å²) in [6, 6.07) is 11.5. The molecular formula is C14H9BrCl2N2O2. The van der Waals surface area contributed by atoms with Crippen LogP contribution in [0.3, 0.4) is 0 Å². The zero-order valence-corrected chi connectivity index (χ0v) is 13.6. The van der Waals surface area contributed by atoms with E-state index in [1.54, 1.807) is 42.5 Å². The van der Waals surface area contributed by atoms with Crippen LogP contribution >= 0.6 is 39.1 Å². The first-order chi connectivity index (χ1) is 9.97. The van der Waals surface area contributed by atoms with Crippen LogP contribution in [0.15, 0.2) is 52.1 Å². The molecule has 0 radical (unpaired) electrons. The zero-order valence-electron chi connectivity index (χ0n) is 10.5. The molecular weight excluding hydrogens is 379 g/mol. The Morgan fingerprint density at radius 2 is 1.81 bits per heavy atom. The highest BCUT2D eigenvalue weighted by molar-refractivity contribution is 9.10. The Kier molecular flexibility index (Phi) is 5.22. The lowest BCUT2D eigenvalue weighted by atomic mass is 10.2. The van der Waals surface area contributed by atoms with Gasteiger partial charge in [-0.15, -0.1) is 0 Å². The van der Waals surface area contributed by atoms with Gasteiger partial charge in [0.05, 0.1) is 10.6 Å². The normalized spacial score (nSPS) is 11.3. The summed E-state index contributed by atoms with van der Waals surface area (Å²) in [7, 11) is 0. The maximum Gasteiger partial charge on any atom is 0.367 e. The Hall–Kier alpha value is -1.56. The second-order valence-corrected chi connectivity index (χ2v) is 5.75. The molecule has 0 aliphatic rings. The monoisotopic (exact) mass is 386 g/mol. The van der Waals surface area contributed by atoms with Gasteiger partial charge in [-0.3, -0.25) is 0 Å². The van der Waals surface area contributed by atoms with Gasteiger partial charge in [0.2, 0.25) is 0 Å². The summed E-state index contributed by atoms with van der Waals surface area (Å²) in [5.41, 5.74) is 6.51. The third-order valence-electron chi connectivity index (χ3n) is 2.52. The van der Waals surface area contributed by atoms with Gasteiger partial charge in [-0.1, -0.05) is 44.3 Å². The highest BCUT2D eigenvalue weighted by Crippen LogP contribution is 2.21. The summed E-state index contributed by atoms with van der Waals surface area (Å²) in [6.07, 6.45) is 0. The van der Waals surface area contributed by atoms with Gasteiger partial charge in [0, 0.05) is 15.1 Å². The molecule has 108 valence electrons. The van der Waals surface area contributed by atoms with Gasteiger partial charge in [-0.2, -0.15) is 0 Å². The van der Waals surface area contributed by atoms with Crippen molar-refractivity contribution in [3.05, 3.63) is 68.1 Å². The van der Waals surface area contributed by atoms with E-state index in [1.807, 2.05) is 0 Å². The van der Waals surface area contributed by atoms with Crippen molar-refractivity contribution in [3.8, 4) is 0 Å². The minimum Gasteiger partial charge on any atom is -0.380 e. The van der Waals surface area contributed by atoms with E-state index in [0.29, 0.717) is 15.1 Å². The SMILES string of the molecule is N/C(=N/OC(=O)c1cc(Br)ccc1Cl)c1ccc(Cl)cc1. The summed E-state index contributed by atoms with van der Waals surface area (Å²) < 4.78 is 0.702. The molecule has 2 aromatic carbocycles. The number of nitrogens with zero attached hydrogens (tertiary/aromatic N) is 1. The van der Waals surface area contributed by atoms with E-state index < -0.39 is 5.97 Å². The second-order valence-electron chi connectivity index (χ2n) is 3.99. The molecule has 7 heteroatoms. The van der Waals surface area contributed by atoms with Crippen LogP contribution < -0.4 is 5.73 Å². The topological polar surface area (TPSA) is 64.7 Å². The average Bonchev–Trinajstić information content (AvgIpc) is 2.47. The van der Waals surface area contributed by atoms with Gasteiger partial charge < -0.3 is 10.6 Å². The molecule has 0 amide bonds. The highest BCUT2D eigenvalue weighted by Gasteiger charge is 2.13. The molecule has 4 nitrogen and oxygen atoms in total. The third-order valence-corrected chi connectivity index (χ3v) is 3.59. The summed E-state index contributed by atoms with van der Waals surface area (Å²) in [6.45, 7) is 0. The number of carbonyl (C=O) groups is 1. The molecule has 0 fully saturated rings. The molecule has 0 bridgehead atoms. The van der Waals surface area contributed by atoms with Crippen LogP contribution in [0, 0.1) is 0 Å². The predicted molar refractivity (Wildman–Crippen MR) is 86.7 cm³/mol. The minimum atomic E-state index is -0.696. The molecule has 0 saturated carbocycles. The van der Waals surface area contributed by atoms with Crippen molar-refractivity contribution in [1.29, 1.82) is 0 Å². The molecule has 2 N–H and O–H groups in total. The van der Waals surface area contributed by atoms with E-state index in [-0.39, 0.29) is 16.4 Å². The molecule has 0 heterocycles. The largest absolute Gasteiger partial charge is 0.380 e. The molecule has 0 spiro atoms. The van der Waals surface area contributed by atoms with E-state index in [0.717, 1.165) is 0 Å². The van der Waals surface area contributed by atoms with Crippen molar-refractivity contribution in [2.45, 2.75) is 0 Å². The lowest BCUT2D eigenvalue weighted by molar-refractivity contribution is 0.0516. The maximum absolute atomic E-state index is 11.9. The summed E-state index contributed by atoms with van der Waals surface area (Å²) in [4.78, 5) is 16.7. The van der Waals surface area contributed by atoms with Crippen molar-refractivity contribution in [2.24, 2.45) is 10.9 Å². The van der Waals surface area contributed by atoms with Crippen LogP contribution in [0.2, 0.25) is 10.0 Å². The minimum absolute atomic E-state index is 0.0612. The fourth-order valence-corrected chi connectivity index (χ4v) is 2.15. The number of halogens is 3. The van der Waals surface area contributed by atoms with E-state index in [4.69, 9.17) is 33.8 Å². The maximum atomic E-state index is 11.9. The summed E-state index contributed by atoms with van der Waals surface area (Å²) in [5.74, 6) is -0.635. The third kappa shape index (κ3) is 4.20. The van der Waals surface area contributed by atoms with Crippen LogP contribution in [0.4, 0.5) is 0 Å². The Morgan fingerprint density at radius 1 is 1.14 bits per heavy atom. The quantitative estimate of drug-likeness (QED) is 0.371. The van der Waals surface area contributed by atoms with Crippen LogP contribution in [0.1, 0.15) is 15.9 Å². The number of hydrogen-bond donors (Lipinski definition) is 1. The Morgan fingerprint density at radius 3 is 2.48 bits per heavy atom. The smallest absolute Gasteiger partial charge is 0.367 e. The average molecular weight is 388 g/mol. The summed E-state index contributed by atoms with van der Waals surface area (Å²) in [5, 5.41) is 4.44. The molecule has 2 aromatic rings. The van der Waals surface area contributed by atoms with Gasteiger partial charge in [0.15, 0.2) is 5.84 Å². The Bertz CT molecular complexity index is 703. The van der Waals surface area contributed by atoms with Crippen molar-refractivity contribution < 1.29 is 9.63 Å².